The predicted octanol–water partition coefficient (Wildman–Crippen LogP) is 2.46. The first kappa shape index (κ1) is 15.2. The van der Waals surface area contributed by atoms with Gasteiger partial charge >= 0.3 is 0 Å². The molecular formula is C14H23N5. The Hall–Kier alpha value is -1.83. The fraction of sp³-hybridized carbons (Fsp3) is 0.643. The minimum absolute atomic E-state index is 0.507. The molecule has 1 aromatic rings. The van der Waals surface area contributed by atoms with Crippen molar-refractivity contribution in [3.63, 3.8) is 0 Å². The van der Waals surface area contributed by atoms with Crippen LogP contribution in [0, 0.1) is 17.2 Å². The minimum Gasteiger partial charge on any atom is -0.373 e. The van der Waals surface area contributed by atoms with Gasteiger partial charge in [0.2, 0.25) is 0 Å². The summed E-state index contributed by atoms with van der Waals surface area (Å²) in [6, 6.07) is 4.14. The highest BCUT2D eigenvalue weighted by Crippen LogP contribution is 2.17. The number of hydrogen-bond acceptors (Lipinski definition) is 5. The predicted molar refractivity (Wildman–Crippen MR) is 78.2 cm³/mol. The summed E-state index contributed by atoms with van der Waals surface area (Å²) in [5.41, 5.74) is 0. The van der Waals surface area contributed by atoms with Crippen molar-refractivity contribution in [1.82, 2.24) is 9.97 Å². The number of aromatic nitrogens is 2. The van der Waals surface area contributed by atoms with Crippen molar-refractivity contribution < 1.29 is 0 Å². The third-order valence-electron chi connectivity index (χ3n) is 2.73. The van der Waals surface area contributed by atoms with Gasteiger partial charge < -0.3 is 10.2 Å². The van der Waals surface area contributed by atoms with Gasteiger partial charge in [0.1, 0.15) is 17.5 Å². The molecule has 0 spiro atoms. The molecule has 0 saturated heterocycles. The minimum atomic E-state index is 0.507. The van der Waals surface area contributed by atoms with Crippen molar-refractivity contribution in [2.75, 3.05) is 30.4 Å². The topological polar surface area (TPSA) is 64.8 Å². The molecule has 1 aromatic heterocycles. The summed E-state index contributed by atoms with van der Waals surface area (Å²) >= 11 is 0. The van der Waals surface area contributed by atoms with Crippen molar-refractivity contribution in [2.24, 2.45) is 5.92 Å². The summed E-state index contributed by atoms with van der Waals surface area (Å²) in [5.74, 6) is 3.08. The van der Waals surface area contributed by atoms with Gasteiger partial charge in [0.15, 0.2) is 0 Å². The van der Waals surface area contributed by atoms with Crippen LogP contribution < -0.4 is 10.2 Å². The molecular weight excluding hydrogens is 238 g/mol. The van der Waals surface area contributed by atoms with E-state index in [0.717, 1.165) is 30.4 Å². The number of hydrogen-bond donors (Lipinski definition) is 1. The van der Waals surface area contributed by atoms with Crippen molar-refractivity contribution in [2.45, 2.75) is 33.6 Å². The Morgan fingerprint density at radius 3 is 2.68 bits per heavy atom. The Bertz CT molecular complexity index is 414. The normalized spacial score (nSPS) is 10.3. The second kappa shape index (κ2) is 7.57. The summed E-state index contributed by atoms with van der Waals surface area (Å²) in [5, 5.41) is 11.8. The maximum absolute atomic E-state index is 8.78. The molecule has 1 heterocycles. The summed E-state index contributed by atoms with van der Waals surface area (Å²) in [7, 11) is 1.85. The number of anilines is 2. The molecule has 19 heavy (non-hydrogen) atoms. The maximum Gasteiger partial charge on any atom is 0.134 e. The van der Waals surface area contributed by atoms with Crippen molar-refractivity contribution in [1.29, 1.82) is 5.26 Å². The third-order valence-corrected chi connectivity index (χ3v) is 2.73. The van der Waals surface area contributed by atoms with Gasteiger partial charge in [-0.1, -0.05) is 20.8 Å². The molecule has 104 valence electrons. The van der Waals surface area contributed by atoms with E-state index in [9.17, 15) is 0 Å². The van der Waals surface area contributed by atoms with Crippen LogP contribution in [0.1, 0.15) is 33.0 Å². The van der Waals surface area contributed by atoms with Gasteiger partial charge in [-0.3, -0.25) is 0 Å². The molecule has 0 radical (unpaired) electrons. The lowest BCUT2D eigenvalue weighted by Crippen LogP contribution is -2.29. The Kier molecular flexibility index (Phi) is 6.07. The zero-order valence-corrected chi connectivity index (χ0v) is 12.3. The molecule has 0 saturated carbocycles. The van der Waals surface area contributed by atoms with Gasteiger partial charge in [-0.2, -0.15) is 5.26 Å². The van der Waals surface area contributed by atoms with Crippen LogP contribution in [0.15, 0.2) is 6.07 Å². The van der Waals surface area contributed by atoms with Crippen molar-refractivity contribution in [3.8, 4) is 6.07 Å². The first-order valence-corrected chi connectivity index (χ1v) is 6.78. The molecule has 0 bridgehead atoms. The molecule has 0 amide bonds. The van der Waals surface area contributed by atoms with Gasteiger partial charge in [0, 0.05) is 32.6 Å². The molecule has 0 atom stereocenters. The largest absolute Gasteiger partial charge is 0.373 e. The van der Waals surface area contributed by atoms with E-state index in [4.69, 9.17) is 5.26 Å². The fourth-order valence-electron chi connectivity index (χ4n) is 1.86. The van der Waals surface area contributed by atoms with E-state index >= 15 is 0 Å². The second-order valence-electron chi connectivity index (χ2n) is 4.88. The van der Waals surface area contributed by atoms with Crippen LogP contribution in [0.2, 0.25) is 0 Å². The van der Waals surface area contributed by atoms with E-state index in [1.54, 1.807) is 0 Å². The van der Waals surface area contributed by atoms with Crippen LogP contribution in [0.5, 0.6) is 0 Å². The number of nitrogens with one attached hydrogen (secondary N) is 1. The molecule has 5 heteroatoms. The summed E-state index contributed by atoms with van der Waals surface area (Å²) in [6.45, 7) is 7.98. The third kappa shape index (κ3) is 4.74. The average Bonchev–Trinajstić information content (AvgIpc) is 2.42. The summed E-state index contributed by atoms with van der Waals surface area (Å²) in [6.07, 6.45) is 1.31. The van der Waals surface area contributed by atoms with Crippen LogP contribution in [-0.4, -0.2) is 30.1 Å². The summed E-state index contributed by atoms with van der Waals surface area (Å²) < 4.78 is 0. The van der Waals surface area contributed by atoms with Crippen molar-refractivity contribution >= 4 is 11.6 Å². The lowest BCUT2D eigenvalue weighted by molar-refractivity contribution is 0.606. The monoisotopic (exact) mass is 261 g/mol. The van der Waals surface area contributed by atoms with E-state index in [2.05, 4.69) is 40.1 Å². The Balaban J connectivity index is 3.02. The molecule has 0 unspecified atom stereocenters. The van der Waals surface area contributed by atoms with E-state index in [1.165, 1.54) is 0 Å². The lowest BCUT2D eigenvalue weighted by Gasteiger charge is -2.25. The van der Waals surface area contributed by atoms with E-state index < -0.39 is 0 Å². The van der Waals surface area contributed by atoms with E-state index in [0.29, 0.717) is 18.9 Å². The van der Waals surface area contributed by atoms with Crippen LogP contribution >= 0.6 is 0 Å². The number of aryl methyl sites for hydroxylation is 1. The Morgan fingerprint density at radius 2 is 2.16 bits per heavy atom. The zero-order chi connectivity index (χ0) is 14.3. The van der Waals surface area contributed by atoms with Gasteiger partial charge in [0.05, 0.1) is 12.5 Å². The SMILES string of the molecule is CCc1nc(NC)cc(N(CCC#N)CC(C)C)n1. The molecule has 5 nitrogen and oxygen atoms in total. The van der Waals surface area contributed by atoms with E-state index in [1.807, 2.05) is 20.0 Å². The second-order valence-corrected chi connectivity index (χ2v) is 4.88. The van der Waals surface area contributed by atoms with Gasteiger partial charge in [0.25, 0.3) is 0 Å². The maximum atomic E-state index is 8.78. The van der Waals surface area contributed by atoms with Crippen molar-refractivity contribution in [3.05, 3.63) is 11.9 Å². The van der Waals surface area contributed by atoms with Gasteiger partial charge in [-0.15, -0.1) is 0 Å². The van der Waals surface area contributed by atoms with Crippen LogP contribution in [0.25, 0.3) is 0 Å². The van der Waals surface area contributed by atoms with Crippen LogP contribution in [-0.2, 0) is 6.42 Å². The molecule has 1 rings (SSSR count). The molecule has 0 aliphatic heterocycles. The number of rotatable bonds is 7. The molecule has 1 N–H and O–H groups in total. The fourth-order valence-corrected chi connectivity index (χ4v) is 1.86. The Morgan fingerprint density at radius 1 is 1.42 bits per heavy atom. The lowest BCUT2D eigenvalue weighted by atomic mass is 10.2. The number of nitrogens with zero attached hydrogens (tertiary/aromatic N) is 4. The zero-order valence-electron chi connectivity index (χ0n) is 12.3. The van der Waals surface area contributed by atoms with Crippen LogP contribution in [0.4, 0.5) is 11.6 Å². The highest BCUT2D eigenvalue weighted by atomic mass is 15.2. The average molecular weight is 261 g/mol. The first-order chi connectivity index (χ1) is 9.10. The number of nitriles is 1. The van der Waals surface area contributed by atoms with Gasteiger partial charge in [-0.05, 0) is 5.92 Å². The quantitative estimate of drug-likeness (QED) is 0.816. The molecule has 0 aliphatic rings. The van der Waals surface area contributed by atoms with Crippen LogP contribution in [0.3, 0.4) is 0 Å². The smallest absolute Gasteiger partial charge is 0.134 e. The standard InChI is InChI=1S/C14H23N5/c1-5-12-17-13(16-4)9-14(18-12)19(8-6-7-15)10-11(2)3/h9,11H,5-6,8,10H2,1-4H3,(H,16,17,18). The molecule has 0 fully saturated rings. The summed E-state index contributed by atoms with van der Waals surface area (Å²) in [4.78, 5) is 11.1. The highest BCUT2D eigenvalue weighted by molar-refractivity contribution is 5.49. The first-order valence-electron chi connectivity index (χ1n) is 6.78. The molecule has 0 aromatic carbocycles. The Labute approximate surface area is 115 Å². The molecule has 0 aliphatic carbocycles. The van der Waals surface area contributed by atoms with E-state index in [-0.39, 0.29) is 0 Å². The highest BCUT2D eigenvalue weighted by Gasteiger charge is 2.12. The van der Waals surface area contributed by atoms with Gasteiger partial charge in [-0.25, -0.2) is 9.97 Å².